The fraction of sp³-hybridized carbons (Fsp3) is 0.500. The lowest BCUT2D eigenvalue weighted by Crippen LogP contribution is -2.42. The Morgan fingerprint density at radius 3 is 2.53 bits per heavy atom. The van der Waals surface area contributed by atoms with Gasteiger partial charge in [0.1, 0.15) is 0 Å². The lowest BCUT2D eigenvalue weighted by Gasteiger charge is -2.37. The normalized spacial score (nSPS) is 16.9. The first-order valence-electron chi connectivity index (χ1n) is 6.54. The van der Waals surface area contributed by atoms with E-state index in [9.17, 15) is 9.90 Å². The number of anilines is 2. The zero-order valence-corrected chi connectivity index (χ0v) is 11.5. The van der Waals surface area contributed by atoms with Gasteiger partial charge in [-0.1, -0.05) is 6.07 Å². The molecule has 19 heavy (non-hydrogen) atoms. The molecule has 0 bridgehead atoms. The summed E-state index contributed by atoms with van der Waals surface area (Å²) in [6.07, 6.45) is 2.06. The van der Waals surface area contributed by atoms with Crippen LogP contribution in [0.5, 0.6) is 0 Å². The zero-order valence-electron chi connectivity index (χ0n) is 11.5. The van der Waals surface area contributed by atoms with Crippen molar-refractivity contribution in [1.29, 1.82) is 0 Å². The van der Waals surface area contributed by atoms with Crippen LogP contribution in [0.2, 0.25) is 0 Å². The van der Waals surface area contributed by atoms with E-state index < -0.39 is 5.97 Å². The van der Waals surface area contributed by atoms with Gasteiger partial charge in [0.25, 0.3) is 0 Å². The molecule has 1 aliphatic heterocycles. The molecule has 3 N–H and O–H groups in total. The van der Waals surface area contributed by atoms with Gasteiger partial charge in [0, 0.05) is 19.1 Å². The van der Waals surface area contributed by atoms with E-state index in [-0.39, 0.29) is 0 Å². The third-order valence-electron chi connectivity index (χ3n) is 3.81. The van der Waals surface area contributed by atoms with Crippen LogP contribution in [0.4, 0.5) is 11.4 Å². The van der Waals surface area contributed by atoms with E-state index in [1.54, 1.807) is 18.2 Å². The number of hydrogen-bond acceptors (Lipinski definition) is 4. The van der Waals surface area contributed by atoms with Crippen molar-refractivity contribution in [3.8, 4) is 0 Å². The first-order chi connectivity index (χ1) is 9.00. The smallest absolute Gasteiger partial charge is 0.337 e. The van der Waals surface area contributed by atoms with Gasteiger partial charge in [-0.05, 0) is 39.1 Å². The van der Waals surface area contributed by atoms with Gasteiger partial charge >= 0.3 is 5.97 Å². The fourth-order valence-corrected chi connectivity index (χ4v) is 2.69. The van der Waals surface area contributed by atoms with Crippen molar-refractivity contribution in [2.24, 2.45) is 0 Å². The summed E-state index contributed by atoms with van der Waals surface area (Å²) in [5.74, 6) is -0.919. The second-order valence-corrected chi connectivity index (χ2v) is 5.23. The van der Waals surface area contributed by atoms with Gasteiger partial charge in [-0.15, -0.1) is 0 Å². The Morgan fingerprint density at radius 1 is 1.37 bits per heavy atom. The van der Waals surface area contributed by atoms with Crippen LogP contribution in [-0.4, -0.2) is 49.2 Å². The average Bonchev–Trinajstić information content (AvgIpc) is 2.38. The van der Waals surface area contributed by atoms with Crippen molar-refractivity contribution >= 4 is 17.3 Å². The molecule has 0 saturated carbocycles. The Labute approximate surface area is 113 Å². The number of hydrogen-bond donors (Lipinski definition) is 2. The van der Waals surface area contributed by atoms with E-state index >= 15 is 0 Å². The van der Waals surface area contributed by atoms with Crippen molar-refractivity contribution < 1.29 is 9.90 Å². The van der Waals surface area contributed by atoms with E-state index in [1.165, 1.54) is 0 Å². The number of aromatic carboxylic acids is 1. The number of nitrogens with two attached hydrogens (primary N) is 1. The fourth-order valence-electron chi connectivity index (χ4n) is 2.69. The largest absolute Gasteiger partial charge is 0.478 e. The molecule has 0 aromatic heterocycles. The standard InChI is InChI=1S/C14H21N3O2/c1-16(2)10-6-8-17(9-7-10)13-11(14(18)19)4-3-5-12(13)15/h3-5,10H,6-9,15H2,1-2H3,(H,18,19). The molecule has 0 amide bonds. The molecule has 2 rings (SSSR count). The Bertz CT molecular complexity index is 466. The van der Waals surface area contributed by atoms with Gasteiger partial charge in [0.2, 0.25) is 0 Å². The van der Waals surface area contributed by atoms with E-state index in [1.807, 2.05) is 0 Å². The van der Waals surface area contributed by atoms with Crippen molar-refractivity contribution in [3.05, 3.63) is 23.8 Å². The summed E-state index contributed by atoms with van der Waals surface area (Å²) < 4.78 is 0. The molecular weight excluding hydrogens is 242 g/mol. The number of carboxylic acid groups (broad SMARTS) is 1. The number of carboxylic acids is 1. The molecule has 5 nitrogen and oxygen atoms in total. The van der Waals surface area contributed by atoms with Crippen molar-refractivity contribution in [3.63, 3.8) is 0 Å². The second-order valence-electron chi connectivity index (χ2n) is 5.23. The Morgan fingerprint density at radius 2 is 2.00 bits per heavy atom. The quantitative estimate of drug-likeness (QED) is 0.809. The molecular formula is C14H21N3O2. The number of nitrogen functional groups attached to an aromatic ring is 1. The minimum absolute atomic E-state index is 0.295. The molecule has 1 aromatic carbocycles. The number of carbonyl (C=O) groups is 1. The lowest BCUT2D eigenvalue weighted by atomic mass is 10.0. The molecule has 1 fully saturated rings. The zero-order chi connectivity index (χ0) is 14.0. The number of para-hydroxylation sites is 1. The Hall–Kier alpha value is -1.75. The van der Waals surface area contributed by atoms with E-state index in [4.69, 9.17) is 5.73 Å². The number of nitrogens with zero attached hydrogens (tertiary/aromatic N) is 2. The Kier molecular flexibility index (Phi) is 3.95. The predicted octanol–water partition coefficient (Wildman–Crippen LogP) is 1.50. The topological polar surface area (TPSA) is 69.8 Å². The second kappa shape index (κ2) is 5.48. The van der Waals surface area contributed by atoms with Gasteiger partial charge in [-0.2, -0.15) is 0 Å². The monoisotopic (exact) mass is 263 g/mol. The summed E-state index contributed by atoms with van der Waals surface area (Å²) in [5, 5.41) is 9.27. The average molecular weight is 263 g/mol. The summed E-state index contributed by atoms with van der Waals surface area (Å²) >= 11 is 0. The highest BCUT2D eigenvalue weighted by atomic mass is 16.4. The summed E-state index contributed by atoms with van der Waals surface area (Å²) in [5.41, 5.74) is 7.48. The van der Waals surface area contributed by atoms with E-state index in [0.717, 1.165) is 25.9 Å². The van der Waals surface area contributed by atoms with Crippen LogP contribution in [0.1, 0.15) is 23.2 Å². The van der Waals surface area contributed by atoms with Crippen LogP contribution in [0, 0.1) is 0 Å². The lowest BCUT2D eigenvalue weighted by molar-refractivity contribution is 0.0697. The first-order valence-corrected chi connectivity index (χ1v) is 6.54. The highest BCUT2D eigenvalue weighted by molar-refractivity contribution is 5.98. The minimum Gasteiger partial charge on any atom is -0.478 e. The SMILES string of the molecule is CN(C)C1CCN(c2c(N)cccc2C(=O)O)CC1. The highest BCUT2D eigenvalue weighted by Gasteiger charge is 2.25. The van der Waals surface area contributed by atoms with Gasteiger partial charge in [-0.25, -0.2) is 4.79 Å². The van der Waals surface area contributed by atoms with Gasteiger partial charge in [-0.3, -0.25) is 0 Å². The third-order valence-corrected chi connectivity index (χ3v) is 3.81. The molecule has 0 aliphatic carbocycles. The minimum atomic E-state index is -0.919. The molecule has 1 saturated heterocycles. The third kappa shape index (κ3) is 2.81. The van der Waals surface area contributed by atoms with Gasteiger partial charge in [0.05, 0.1) is 16.9 Å². The molecule has 1 heterocycles. The first kappa shape index (κ1) is 13.7. The molecule has 0 spiro atoms. The maximum absolute atomic E-state index is 11.3. The maximum Gasteiger partial charge on any atom is 0.337 e. The van der Waals surface area contributed by atoms with Crippen LogP contribution in [0.3, 0.4) is 0 Å². The molecule has 0 radical (unpaired) electrons. The molecule has 5 heteroatoms. The molecule has 1 aromatic rings. The van der Waals surface area contributed by atoms with E-state index in [2.05, 4.69) is 23.9 Å². The maximum atomic E-state index is 11.3. The number of piperidine rings is 1. The van der Waals surface area contributed by atoms with Crippen LogP contribution in [0.25, 0.3) is 0 Å². The predicted molar refractivity (Wildman–Crippen MR) is 76.7 cm³/mol. The van der Waals surface area contributed by atoms with Gasteiger partial charge < -0.3 is 20.6 Å². The summed E-state index contributed by atoms with van der Waals surface area (Å²) in [6, 6.07) is 5.63. The molecule has 1 aliphatic rings. The summed E-state index contributed by atoms with van der Waals surface area (Å²) in [6.45, 7) is 1.69. The Balaban J connectivity index is 2.22. The van der Waals surface area contributed by atoms with Crippen molar-refractivity contribution in [2.45, 2.75) is 18.9 Å². The van der Waals surface area contributed by atoms with E-state index in [0.29, 0.717) is 23.0 Å². The molecule has 0 unspecified atom stereocenters. The summed E-state index contributed by atoms with van der Waals surface area (Å²) in [4.78, 5) is 15.6. The molecule has 0 atom stereocenters. The van der Waals surface area contributed by atoms with Crippen LogP contribution in [-0.2, 0) is 0 Å². The van der Waals surface area contributed by atoms with Crippen molar-refractivity contribution in [1.82, 2.24) is 4.90 Å². The number of benzene rings is 1. The van der Waals surface area contributed by atoms with Crippen LogP contribution in [0.15, 0.2) is 18.2 Å². The van der Waals surface area contributed by atoms with Crippen molar-refractivity contribution in [2.75, 3.05) is 37.8 Å². The highest BCUT2D eigenvalue weighted by Crippen LogP contribution is 2.30. The molecule has 104 valence electrons. The van der Waals surface area contributed by atoms with Gasteiger partial charge in [0.15, 0.2) is 0 Å². The van der Waals surface area contributed by atoms with Crippen LogP contribution >= 0.6 is 0 Å². The van der Waals surface area contributed by atoms with Crippen LogP contribution < -0.4 is 10.6 Å². The number of rotatable bonds is 3. The summed E-state index contributed by atoms with van der Waals surface area (Å²) in [7, 11) is 4.17.